The lowest BCUT2D eigenvalue weighted by Gasteiger charge is -2.19. The van der Waals surface area contributed by atoms with Gasteiger partial charge in [0.05, 0.1) is 12.6 Å². The molecule has 5 heteroatoms. The van der Waals surface area contributed by atoms with Crippen LogP contribution in [0.5, 0.6) is 0 Å². The molecule has 17 heavy (non-hydrogen) atoms. The van der Waals surface area contributed by atoms with Gasteiger partial charge < -0.3 is 9.67 Å². The standard InChI is InChI=1S/C12H22N4O/c1-4-11-13-14-12(16(11)3)8-15(2)7-10(17)9-5-6-9/h9-10,17H,4-8H2,1-3H3. The van der Waals surface area contributed by atoms with Crippen LogP contribution in [0.1, 0.15) is 31.4 Å². The maximum Gasteiger partial charge on any atom is 0.146 e. The summed E-state index contributed by atoms with van der Waals surface area (Å²) in [5.41, 5.74) is 0. The molecular weight excluding hydrogens is 216 g/mol. The predicted molar refractivity (Wildman–Crippen MR) is 65.4 cm³/mol. The van der Waals surface area contributed by atoms with Gasteiger partial charge in [0.25, 0.3) is 0 Å². The van der Waals surface area contributed by atoms with E-state index in [9.17, 15) is 5.11 Å². The fourth-order valence-corrected chi connectivity index (χ4v) is 2.10. The summed E-state index contributed by atoms with van der Waals surface area (Å²) in [5.74, 6) is 2.51. The van der Waals surface area contributed by atoms with Crippen LogP contribution < -0.4 is 0 Å². The Balaban J connectivity index is 1.88. The molecule has 1 aliphatic carbocycles. The molecule has 1 fully saturated rings. The summed E-state index contributed by atoms with van der Waals surface area (Å²) >= 11 is 0. The molecule has 5 nitrogen and oxygen atoms in total. The molecular formula is C12H22N4O. The van der Waals surface area contributed by atoms with E-state index >= 15 is 0 Å². The molecule has 1 aromatic rings. The Morgan fingerprint density at radius 2 is 2.06 bits per heavy atom. The molecule has 1 N–H and O–H groups in total. The van der Waals surface area contributed by atoms with Crippen LogP contribution in [0.2, 0.25) is 0 Å². The second-order valence-electron chi connectivity index (χ2n) is 5.05. The fraction of sp³-hybridized carbons (Fsp3) is 0.833. The highest BCUT2D eigenvalue weighted by Crippen LogP contribution is 2.32. The normalized spacial score (nSPS) is 17.7. The average Bonchev–Trinajstić information content (AvgIpc) is 3.07. The number of likely N-dealkylation sites (N-methyl/N-ethyl adjacent to an activating group) is 1. The summed E-state index contributed by atoms with van der Waals surface area (Å²) in [6.07, 6.45) is 3.08. The number of aryl methyl sites for hydroxylation is 1. The Hall–Kier alpha value is -0.940. The summed E-state index contributed by atoms with van der Waals surface area (Å²) in [4.78, 5) is 2.12. The Morgan fingerprint density at radius 1 is 1.41 bits per heavy atom. The summed E-state index contributed by atoms with van der Waals surface area (Å²) in [7, 11) is 4.02. The highest BCUT2D eigenvalue weighted by molar-refractivity contribution is 4.94. The number of aromatic nitrogens is 3. The van der Waals surface area contributed by atoms with Crippen LogP contribution in [0.15, 0.2) is 0 Å². The molecule has 0 amide bonds. The van der Waals surface area contributed by atoms with Crippen LogP contribution in [0.25, 0.3) is 0 Å². The first kappa shape index (κ1) is 12.5. The summed E-state index contributed by atoms with van der Waals surface area (Å²) < 4.78 is 2.04. The van der Waals surface area contributed by atoms with Crippen molar-refractivity contribution in [1.29, 1.82) is 0 Å². The Bertz CT molecular complexity index is 373. The quantitative estimate of drug-likeness (QED) is 0.787. The van der Waals surface area contributed by atoms with Crippen molar-refractivity contribution in [3.63, 3.8) is 0 Å². The number of hydrogen-bond acceptors (Lipinski definition) is 4. The molecule has 0 bridgehead atoms. The molecule has 2 rings (SSSR count). The molecule has 96 valence electrons. The second kappa shape index (κ2) is 5.14. The maximum absolute atomic E-state index is 9.87. The molecule has 0 saturated heterocycles. The van der Waals surface area contributed by atoms with Crippen LogP contribution in [0.3, 0.4) is 0 Å². The minimum absolute atomic E-state index is 0.182. The zero-order valence-corrected chi connectivity index (χ0v) is 10.9. The van der Waals surface area contributed by atoms with Crippen molar-refractivity contribution in [2.75, 3.05) is 13.6 Å². The van der Waals surface area contributed by atoms with Gasteiger partial charge in [-0.25, -0.2) is 0 Å². The van der Waals surface area contributed by atoms with Gasteiger partial charge in [-0.3, -0.25) is 4.90 Å². The topological polar surface area (TPSA) is 54.2 Å². The zero-order chi connectivity index (χ0) is 12.4. The van der Waals surface area contributed by atoms with Gasteiger partial charge in [0.2, 0.25) is 0 Å². The van der Waals surface area contributed by atoms with E-state index < -0.39 is 0 Å². The minimum Gasteiger partial charge on any atom is -0.392 e. The molecule has 1 saturated carbocycles. The first-order valence-corrected chi connectivity index (χ1v) is 6.35. The summed E-state index contributed by atoms with van der Waals surface area (Å²) in [5, 5.41) is 18.2. The van der Waals surface area contributed by atoms with Gasteiger partial charge in [-0.05, 0) is 25.8 Å². The number of rotatable bonds is 6. The van der Waals surface area contributed by atoms with Crippen LogP contribution >= 0.6 is 0 Å². The van der Waals surface area contributed by atoms with Crippen molar-refractivity contribution < 1.29 is 5.11 Å². The third-order valence-corrected chi connectivity index (χ3v) is 3.45. The SMILES string of the molecule is CCc1nnc(CN(C)CC(O)C2CC2)n1C. The lowest BCUT2D eigenvalue weighted by molar-refractivity contribution is 0.103. The molecule has 0 radical (unpaired) electrons. The molecule has 1 unspecified atom stereocenters. The van der Waals surface area contributed by atoms with E-state index in [4.69, 9.17) is 0 Å². The highest BCUT2D eigenvalue weighted by Gasteiger charge is 2.30. The van der Waals surface area contributed by atoms with Crippen molar-refractivity contribution in [3.05, 3.63) is 11.6 Å². The van der Waals surface area contributed by atoms with Crippen molar-refractivity contribution in [2.45, 2.75) is 38.8 Å². The van der Waals surface area contributed by atoms with E-state index in [1.807, 2.05) is 18.7 Å². The fourth-order valence-electron chi connectivity index (χ4n) is 2.10. The van der Waals surface area contributed by atoms with Crippen molar-refractivity contribution in [2.24, 2.45) is 13.0 Å². The zero-order valence-electron chi connectivity index (χ0n) is 10.9. The Labute approximate surface area is 102 Å². The first-order valence-electron chi connectivity index (χ1n) is 6.35. The molecule has 0 aromatic carbocycles. The van der Waals surface area contributed by atoms with Gasteiger partial charge in [-0.2, -0.15) is 0 Å². The van der Waals surface area contributed by atoms with E-state index in [0.29, 0.717) is 5.92 Å². The van der Waals surface area contributed by atoms with Gasteiger partial charge in [-0.15, -0.1) is 10.2 Å². The van der Waals surface area contributed by atoms with E-state index in [-0.39, 0.29) is 6.10 Å². The maximum atomic E-state index is 9.87. The van der Waals surface area contributed by atoms with Crippen LogP contribution in [-0.2, 0) is 20.0 Å². The van der Waals surface area contributed by atoms with Crippen molar-refractivity contribution >= 4 is 0 Å². The van der Waals surface area contributed by atoms with Gasteiger partial charge in [0.15, 0.2) is 0 Å². The van der Waals surface area contributed by atoms with Crippen molar-refractivity contribution in [3.8, 4) is 0 Å². The van der Waals surface area contributed by atoms with Crippen molar-refractivity contribution in [1.82, 2.24) is 19.7 Å². The molecule has 1 aromatic heterocycles. The number of aliphatic hydroxyl groups is 1. The van der Waals surface area contributed by atoms with Gasteiger partial charge >= 0.3 is 0 Å². The van der Waals surface area contributed by atoms with E-state index in [1.165, 1.54) is 12.8 Å². The van der Waals surface area contributed by atoms with E-state index in [1.54, 1.807) is 0 Å². The third kappa shape index (κ3) is 3.04. The smallest absolute Gasteiger partial charge is 0.146 e. The lowest BCUT2D eigenvalue weighted by atomic mass is 10.2. The third-order valence-electron chi connectivity index (χ3n) is 3.45. The molecule has 0 spiro atoms. The summed E-state index contributed by atoms with van der Waals surface area (Å²) in [6.45, 7) is 3.54. The van der Waals surface area contributed by atoms with Gasteiger partial charge in [0.1, 0.15) is 11.6 Å². The monoisotopic (exact) mass is 238 g/mol. The minimum atomic E-state index is -0.182. The molecule has 1 aliphatic rings. The van der Waals surface area contributed by atoms with E-state index in [0.717, 1.165) is 31.2 Å². The summed E-state index contributed by atoms with van der Waals surface area (Å²) in [6, 6.07) is 0. The second-order valence-corrected chi connectivity index (χ2v) is 5.05. The van der Waals surface area contributed by atoms with E-state index in [2.05, 4.69) is 22.0 Å². The first-order chi connectivity index (χ1) is 8.11. The largest absolute Gasteiger partial charge is 0.392 e. The Kier molecular flexibility index (Phi) is 3.79. The number of nitrogens with zero attached hydrogens (tertiary/aromatic N) is 4. The van der Waals surface area contributed by atoms with Crippen LogP contribution in [0, 0.1) is 5.92 Å². The highest BCUT2D eigenvalue weighted by atomic mass is 16.3. The van der Waals surface area contributed by atoms with Crippen LogP contribution in [-0.4, -0.2) is 44.5 Å². The average molecular weight is 238 g/mol. The van der Waals surface area contributed by atoms with Gasteiger partial charge in [0, 0.05) is 20.0 Å². The molecule has 0 aliphatic heterocycles. The predicted octanol–water partition coefficient (Wildman–Crippen LogP) is 0.580. The van der Waals surface area contributed by atoms with Gasteiger partial charge in [-0.1, -0.05) is 6.92 Å². The Morgan fingerprint density at radius 3 is 2.59 bits per heavy atom. The number of aliphatic hydroxyl groups excluding tert-OH is 1. The van der Waals surface area contributed by atoms with Crippen LogP contribution in [0.4, 0.5) is 0 Å². The number of hydrogen-bond donors (Lipinski definition) is 1. The molecule has 1 atom stereocenters. The lowest BCUT2D eigenvalue weighted by Crippen LogP contribution is -2.30. The molecule has 1 heterocycles.